The number of nitro benzene ring substituents is 1. The van der Waals surface area contributed by atoms with Gasteiger partial charge in [0.1, 0.15) is 5.56 Å². The maximum absolute atomic E-state index is 13.7. The minimum Gasteiger partial charge on any atom is -0.490 e. The molecule has 0 unspecified atom stereocenters. The third-order valence-electron chi connectivity index (χ3n) is 3.43. The van der Waals surface area contributed by atoms with E-state index in [1.807, 2.05) is 0 Å². The van der Waals surface area contributed by atoms with E-state index in [1.54, 1.807) is 0 Å². The highest BCUT2D eigenvalue weighted by Crippen LogP contribution is 2.30. The maximum Gasteiger partial charge on any atom is 0.342 e. The Labute approximate surface area is 114 Å². The molecule has 1 fully saturated rings. The molecule has 1 saturated carbocycles. The maximum atomic E-state index is 13.7. The van der Waals surface area contributed by atoms with Crippen molar-refractivity contribution in [3.05, 3.63) is 33.6 Å². The number of carboxylic acids is 1. The Bertz CT molecular complexity index is 540. The first-order valence-corrected chi connectivity index (χ1v) is 6.33. The Kier molecular flexibility index (Phi) is 4.16. The first-order valence-electron chi connectivity index (χ1n) is 6.33. The highest BCUT2D eigenvalue weighted by Gasteiger charge is 2.24. The van der Waals surface area contributed by atoms with Crippen LogP contribution in [0.15, 0.2) is 12.1 Å². The molecule has 7 heteroatoms. The van der Waals surface area contributed by atoms with Crippen molar-refractivity contribution in [2.24, 2.45) is 5.92 Å². The third-order valence-corrected chi connectivity index (χ3v) is 3.43. The van der Waals surface area contributed by atoms with E-state index >= 15 is 0 Å². The van der Waals surface area contributed by atoms with E-state index in [0.717, 1.165) is 31.7 Å². The molecule has 0 bridgehead atoms. The van der Waals surface area contributed by atoms with Gasteiger partial charge in [-0.05, 0) is 18.8 Å². The molecule has 1 aromatic carbocycles. The summed E-state index contributed by atoms with van der Waals surface area (Å²) >= 11 is 0. The van der Waals surface area contributed by atoms with Gasteiger partial charge in [-0.15, -0.1) is 0 Å². The van der Waals surface area contributed by atoms with E-state index in [9.17, 15) is 19.3 Å². The lowest BCUT2D eigenvalue weighted by Gasteiger charge is -2.12. The fourth-order valence-corrected chi connectivity index (χ4v) is 2.36. The van der Waals surface area contributed by atoms with Crippen molar-refractivity contribution in [3.8, 4) is 5.75 Å². The molecule has 108 valence electrons. The van der Waals surface area contributed by atoms with Crippen LogP contribution in [0.5, 0.6) is 5.75 Å². The van der Waals surface area contributed by atoms with Gasteiger partial charge in [-0.25, -0.2) is 9.18 Å². The molecule has 0 saturated heterocycles. The lowest BCUT2D eigenvalue weighted by atomic mass is 10.1. The first-order chi connectivity index (χ1) is 9.49. The molecule has 0 amide bonds. The summed E-state index contributed by atoms with van der Waals surface area (Å²) in [5.74, 6) is -2.32. The fourth-order valence-electron chi connectivity index (χ4n) is 2.36. The highest BCUT2D eigenvalue weighted by molar-refractivity contribution is 5.92. The van der Waals surface area contributed by atoms with Gasteiger partial charge in [0, 0.05) is 6.07 Å². The second-order valence-corrected chi connectivity index (χ2v) is 4.82. The lowest BCUT2D eigenvalue weighted by molar-refractivity contribution is -0.385. The molecular formula is C13H14FNO5. The number of carbonyl (C=O) groups is 1. The molecule has 0 aliphatic heterocycles. The van der Waals surface area contributed by atoms with E-state index in [-0.39, 0.29) is 5.75 Å². The number of nitro groups is 1. The summed E-state index contributed by atoms with van der Waals surface area (Å²) in [7, 11) is 0. The topological polar surface area (TPSA) is 89.7 Å². The van der Waals surface area contributed by atoms with Gasteiger partial charge in [0.2, 0.25) is 0 Å². The van der Waals surface area contributed by atoms with Crippen LogP contribution < -0.4 is 4.74 Å². The Hall–Kier alpha value is -2.18. The van der Waals surface area contributed by atoms with Gasteiger partial charge in [0.05, 0.1) is 17.6 Å². The van der Waals surface area contributed by atoms with Gasteiger partial charge in [-0.1, -0.05) is 12.8 Å². The van der Waals surface area contributed by atoms with Crippen molar-refractivity contribution in [1.29, 1.82) is 0 Å². The number of rotatable bonds is 5. The predicted molar refractivity (Wildman–Crippen MR) is 67.5 cm³/mol. The standard InChI is InChI=1S/C13H14FNO5/c14-10-6-11(15(18)19)9(13(16)17)5-12(10)20-7-8-3-1-2-4-8/h5-6,8H,1-4,7H2,(H,16,17). The van der Waals surface area contributed by atoms with Gasteiger partial charge >= 0.3 is 5.97 Å². The Morgan fingerprint density at radius 2 is 2.10 bits per heavy atom. The van der Waals surface area contributed by atoms with Crippen LogP contribution in [0.2, 0.25) is 0 Å². The average molecular weight is 283 g/mol. The zero-order chi connectivity index (χ0) is 14.7. The Morgan fingerprint density at radius 1 is 1.45 bits per heavy atom. The molecule has 0 atom stereocenters. The minimum atomic E-state index is -1.48. The van der Waals surface area contributed by atoms with Crippen molar-refractivity contribution in [2.45, 2.75) is 25.7 Å². The zero-order valence-electron chi connectivity index (χ0n) is 10.7. The van der Waals surface area contributed by atoms with E-state index in [1.165, 1.54) is 0 Å². The number of carboxylic acid groups (broad SMARTS) is 1. The van der Waals surface area contributed by atoms with E-state index in [2.05, 4.69) is 0 Å². The van der Waals surface area contributed by atoms with Gasteiger partial charge in [-0.3, -0.25) is 10.1 Å². The van der Waals surface area contributed by atoms with E-state index in [0.29, 0.717) is 18.6 Å². The minimum absolute atomic E-state index is 0.250. The smallest absolute Gasteiger partial charge is 0.342 e. The van der Waals surface area contributed by atoms with E-state index < -0.39 is 28.0 Å². The summed E-state index contributed by atoms with van der Waals surface area (Å²) in [6.07, 6.45) is 4.22. The SMILES string of the molecule is O=C(O)c1cc(OCC2CCCC2)c(F)cc1[N+](=O)[O-]. The van der Waals surface area contributed by atoms with Crippen molar-refractivity contribution in [2.75, 3.05) is 6.61 Å². The summed E-state index contributed by atoms with van der Waals surface area (Å²) in [5, 5.41) is 19.6. The number of ether oxygens (including phenoxy) is 1. The molecule has 6 nitrogen and oxygen atoms in total. The normalized spacial score (nSPS) is 15.2. The van der Waals surface area contributed by atoms with Crippen LogP contribution in [-0.2, 0) is 0 Å². The molecule has 0 aromatic heterocycles. The van der Waals surface area contributed by atoms with Crippen LogP contribution >= 0.6 is 0 Å². The molecule has 2 rings (SSSR count). The zero-order valence-corrected chi connectivity index (χ0v) is 10.7. The molecule has 20 heavy (non-hydrogen) atoms. The van der Waals surface area contributed by atoms with Crippen LogP contribution in [0.4, 0.5) is 10.1 Å². The van der Waals surface area contributed by atoms with Crippen LogP contribution in [0.1, 0.15) is 36.0 Å². The number of nitrogens with zero attached hydrogens (tertiary/aromatic N) is 1. The summed E-state index contributed by atoms with van der Waals surface area (Å²) in [6.45, 7) is 0.299. The van der Waals surface area contributed by atoms with Crippen LogP contribution in [0, 0.1) is 21.8 Å². The summed E-state index contributed by atoms with van der Waals surface area (Å²) < 4.78 is 19.0. The van der Waals surface area contributed by atoms with Gasteiger partial charge in [0.15, 0.2) is 11.6 Å². The molecule has 0 spiro atoms. The largest absolute Gasteiger partial charge is 0.490 e. The molecule has 0 heterocycles. The summed E-state index contributed by atoms with van der Waals surface area (Å²) in [6, 6.07) is 1.47. The van der Waals surface area contributed by atoms with Crippen molar-refractivity contribution < 1.29 is 24.0 Å². The third kappa shape index (κ3) is 3.04. The number of halogens is 1. The Balaban J connectivity index is 2.22. The number of benzene rings is 1. The monoisotopic (exact) mass is 283 g/mol. The summed E-state index contributed by atoms with van der Waals surface area (Å²) in [5.41, 5.74) is -1.35. The first kappa shape index (κ1) is 14.2. The quantitative estimate of drug-likeness (QED) is 0.662. The molecular weight excluding hydrogens is 269 g/mol. The molecule has 0 radical (unpaired) electrons. The van der Waals surface area contributed by atoms with Gasteiger partial charge < -0.3 is 9.84 Å². The molecule has 1 N–H and O–H groups in total. The number of aromatic carboxylic acids is 1. The van der Waals surface area contributed by atoms with Crippen molar-refractivity contribution in [3.63, 3.8) is 0 Å². The van der Waals surface area contributed by atoms with Gasteiger partial charge in [-0.2, -0.15) is 0 Å². The second kappa shape index (κ2) is 5.85. The summed E-state index contributed by atoms with van der Waals surface area (Å²) in [4.78, 5) is 20.7. The van der Waals surface area contributed by atoms with Crippen LogP contribution in [0.3, 0.4) is 0 Å². The Morgan fingerprint density at radius 3 is 2.65 bits per heavy atom. The molecule has 1 aromatic rings. The number of hydrogen-bond acceptors (Lipinski definition) is 4. The lowest BCUT2D eigenvalue weighted by Crippen LogP contribution is -2.10. The van der Waals surface area contributed by atoms with Crippen molar-refractivity contribution in [1.82, 2.24) is 0 Å². The highest BCUT2D eigenvalue weighted by atomic mass is 19.1. The van der Waals surface area contributed by atoms with Crippen molar-refractivity contribution >= 4 is 11.7 Å². The molecule has 1 aliphatic rings. The predicted octanol–water partition coefficient (Wildman–Crippen LogP) is 3.00. The molecule has 1 aliphatic carbocycles. The fraction of sp³-hybridized carbons (Fsp3) is 0.462. The van der Waals surface area contributed by atoms with E-state index in [4.69, 9.17) is 9.84 Å². The number of hydrogen-bond donors (Lipinski definition) is 1. The second-order valence-electron chi connectivity index (χ2n) is 4.82. The van der Waals surface area contributed by atoms with Crippen LogP contribution in [0.25, 0.3) is 0 Å². The average Bonchev–Trinajstić information content (AvgIpc) is 2.89. The van der Waals surface area contributed by atoms with Crippen LogP contribution in [-0.4, -0.2) is 22.6 Å². The van der Waals surface area contributed by atoms with Gasteiger partial charge in [0.25, 0.3) is 5.69 Å².